The maximum atomic E-state index is 12.7. The summed E-state index contributed by atoms with van der Waals surface area (Å²) in [7, 11) is 0. The lowest BCUT2D eigenvalue weighted by Gasteiger charge is -2.04. The van der Waals surface area contributed by atoms with Crippen molar-refractivity contribution < 1.29 is 19.0 Å². The third-order valence-electron chi connectivity index (χ3n) is 1.76. The summed E-state index contributed by atoms with van der Waals surface area (Å²) in [5.74, 6) is -2.95. The number of phenols is 1. The second-order valence-corrected chi connectivity index (χ2v) is 2.70. The molecule has 0 radical (unpaired) electrons. The van der Waals surface area contributed by atoms with Crippen molar-refractivity contribution in [3.8, 4) is 5.75 Å². The lowest BCUT2D eigenvalue weighted by atomic mass is 10.1. The zero-order valence-electron chi connectivity index (χ0n) is 6.93. The van der Waals surface area contributed by atoms with E-state index < -0.39 is 17.4 Å². The van der Waals surface area contributed by atoms with E-state index in [-0.39, 0.29) is 6.61 Å². The molecule has 0 spiro atoms. The van der Waals surface area contributed by atoms with Crippen molar-refractivity contribution in [3.05, 3.63) is 29.3 Å². The number of aryl methyl sites for hydroxylation is 1. The number of benzene rings is 1. The molecule has 0 amide bonds. The first kappa shape index (κ1) is 9.92. The van der Waals surface area contributed by atoms with Crippen LogP contribution in [0.5, 0.6) is 5.75 Å². The van der Waals surface area contributed by atoms with Crippen LogP contribution in [0.1, 0.15) is 12.0 Å². The molecule has 1 aromatic carbocycles. The average molecular weight is 188 g/mol. The van der Waals surface area contributed by atoms with Crippen LogP contribution in [0.15, 0.2) is 12.1 Å². The zero-order chi connectivity index (χ0) is 9.84. The molecule has 0 unspecified atom stereocenters. The van der Waals surface area contributed by atoms with E-state index >= 15 is 0 Å². The summed E-state index contributed by atoms with van der Waals surface area (Å²) in [6.07, 6.45) is 0.748. The number of halogens is 2. The van der Waals surface area contributed by atoms with Crippen molar-refractivity contribution in [3.63, 3.8) is 0 Å². The van der Waals surface area contributed by atoms with Crippen molar-refractivity contribution in [2.75, 3.05) is 6.61 Å². The van der Waals surface area contributed by atoms with Gasteiger partial charge in [0.05, 0.1) is 0 Å². The summed E-state index contributed by atoms with van der Waals surface area (Å²) in [5, 5.41) is 17.6. The smallest absolute Gasteiger partial charge is 0.200 e. The fraction of sp³-hybridized carbons (Fsp3) is 0.333. The van der Waals surface area contributed by atoms with Crippen LogP contribution in [-0.4, -0.2) is 16.8 Å². The molecule has 0 atom stereocenters. The molecule has 1 aromatic rings. The Bertz CT molecular complexity index is 300. The number of rotatable bonds is 3. The monoisotopic (exact) mass is 188 g/mol. The third kappa shape index (κ3) is 2.15. The highest BCUT2D eigenvalue weighted by Gasteiger charge is 2.11. The molecule has 0 fully saturated rings. The van der Waals surface area contributed by atoms with E-state index in [0.717, 1.165) is 6.07 Å². The molecule has 0 aliphatic heterocycles. The third-order valence-corrected chi connectivity index (χ3v) is 1.76. The Hall–Kier alpha value is -1.16. The van der Waals surface area contributed by atoms with E-state index in [2.05, 4.69) is 0 Å². The van der Waals surface area contributed by atoms with Crippen LogP contribution >= 0.6 is 0 Å². The molecule has 0 bridgehead atoms. The molecule has 0 saturated heterocycles. The number of aliphatic hydroxyl groups excluding tert-OH is 1. The summed E-state index contributed by atoms with van der Waals surface area (Å²) in [6, 6.07) is 2.27. The van der Waals surface area contributed by atoms with Gasteiger partial charge in [-0.2, -0.15) is 4.39 Å². The van der Waals surface area contributed by atoms with Crippen LogP contribution < -0.4 is 0 Å². The number of phenolic OH excluding ortho intramolecular Hbond substituents is 1. The molecule has 72 valence electrons. The summed E-state index contributed by atoms with van der Waals surface area (Å²) in [5.41, 5.74) is 0.313. The highest BCUT2D eigenvalue weighted by molar-refractivity contribution is 5.34. The molecule has 4 heteroatoms. The van der Waals surface area contributed by atoms with Gasteiger partial charge in [-0.05, 0) is 24.5 Å². The van der Waals surface area contributed by atoms with Crippen molar-refractivity contribution in [1.82, 2.24) is 0 Å². The summed E-state index contributed by atoms with van der Waals surface area (Å²) in [6.45, 7) is -0.0432. The van der Waals surface area contributed by atoms with Crippen molar-refractivity contribution in [2.24, 2.45) is 0 Å². The molecule has 0 saturated carbocycles. The quantitative estimate of drug-likeness (QED) is 0.756. The Labute approximate surface area is 74.4 Å². The molecule has 0 aliphatic rings. The van der Waals surface area contributed by atoms with Gasteiger partial charge in [-0.3, -0.25) is 0 Å². The van der Waals surface area contributed by atoms with E-state index in [1.807, 2.05) is 0 Å². The van der Waals surface area contributed by atoms with Gasteiger partial charge in [-0.1, -0.05) is 6.07 Å². The van der Waals surface area contributed by atoms with E-state index in [1.54, 1.807) is 0 Å². The largest absolute Gasteiger partial charge is 0.505 e. The number of hydrogen-bond donors (Lipinski definition) is 2. The van der Waals surface area contributed by atoms with Crippen molar-refractivity contribution in [1.29, 1.82) is 0 Å². The van der Waals surface area contributed by atoms with Gasteiger partial charge >= 0.3 is 0 Å². The van der Waals surface area contributed by atoms with E-state index in [9.17, 15) is 8.78 Å². The van der Waals surface area contributed by atoms with Crippen LogP contribution in [0, 0.1) is 11.6 Å². The van der Waals surface area contributed by atoms with Gasteiger partial charge in [-0.25, -0.2) is 4.39 Å². The summed E-state index contributed by atoms with van der Waals surface area (Å²) in [4.78, 5) is 0. The molecular weight excluding hydrogens is 178 g/mol. The standard InChI is InChI=1S/C9H10F2O2/c10-7-4-3-6(2-1-5-12)9(13)8(7)11/h3-4,12-13H,1-2,5H2. The molecule has 0 heterocycles. The van der Waals surface area contributed by atoms with Gasteiger partial charge < -0.3 is 10.2 Å². The molecule has 13 heavy (non-hydrogen) atoms. The highest BCUT2D eigenvalue weighted by Crippen LogP contribution is 2.24. The maximum Gasteiger partial charge on any atom is 0.200 e. The Morgan fingerprint density at radius 2 is 1.92 bits per heavy atom. The van der Waals surface area contributed by atoms with Crippen molar-refractivity contribution >= 4 is 0 Å². The molecule has 0 aromatic heterocycles. The SMILES string of the molecule is OCCCc1ccc(F)c(F)c1O. The lowest BCUT2D eigenvalue weighted by molar-refractivity contribution is 0.287. The van der Waals surface area contributed by atoms with Gasteiger partial charge in [0, 0.05) is 6.61 Å². The second-order valence-electron chi connectivity index (χ2n) is 2.70. The average Bonchev–Trinajstić information content (AvgIpc) is 2.13. The molecule has 2 nitrogen and oxygen atoms in total. The summed E-state index contributed by atoms with van der Waals surface area (Å²) >= 11 is 0. The van der Waals surface area contributed by atoms with Crippen LogP contribution in [0.25, 0.3) is 0 Å². The first-order valence-corrected chi connectivity index (χ1v) is 3.93. The topological polar surface area (TPSA) is 40.5 Å². The first-order chi connectivity index (χ1) is 6.16. The minimum atomic E-state index is -1.23. The minimum Gasteiger partial charge on any atom is -0.505 e. The fourth-order valence-electron chi connectivity index (χ4n) is 1.05. The normalized spacial score (nSPS) is 10.4. The highest BCUT2D eigenvalue weighted by atomic mass is 19.2. The van der Waals surface area contributed by atoms with Crippen molar-refractivity contribution in [2.45, 2.75) is 12.8 Å². The molecule has 1 rings (SSSR count). The number of aromatic hydroxyl groups is 1. The molecule has 0 aliphatic carbocycles. The zero-order valence-corrected chi connectivity index (χ0v) is 6.93. The lowest BCUT2D eigenvalue weighted by Crippen LogP contribution is -1.94. The summed E-state index contributed by atoms with van der Waals surface area (Å²) < 4.78 is 25.2. The van der Waals surface area contributed by atoms with E-state index in [1.165, 1.54) is 6.07 Å². The van der Waals surface area contributed by atoms with Gasteiger partial charge in [0.25, 0.3) is 0 Å². The predicted molar refractivity (Wildman–Crippen MR) is 43.4 cm³/mol. The minimum absolute atomic E-state index is 0.0432. The molecular formula is C9H10F2O2. The second kappa shape index (κ2) is 4.18. The van der Waals surface area contributed by atoms with Crippen LogP contribution in [0.3, 0.4) is 0 Å². The fourth-order valence-corrected chi connectivity index (χ4v) is 1.05. The Morgan fingerprint density at radius 3 is 2.54 bits per heavy atom. The van der Waals surface area contributed by atoms with Gasteiger partial charge in [0.1, 0.15) is 0 Å². The van der Waals surface area contributed by atoms with Gasteiger partial charge in [0.2, 0.25) is 5.82 Å². The first-order valence-electron chi connectivity index (χ1n) is 3.93. The number of hydrogen-bond acceptors (Lipinski definition) is 2. The van der Waals surface area contributed by atoms with E-state index in [4.69, 9.17) is 10.2 Å². The van der Waals surface area contributed by atoms with Crippen LogP contribution in [-0.2, 0) is 6.42 Å². The maximum absolute atomic E-state index is 12.7. The van der Waals surface area contributed by atoms with E-state index in [0.29, 0.717) is 18.4 Å². The van der Waals surface area contributed by atoms with Gasteiger partial charge in [0.15, 0.2) is 11.6 Å². The molecule has 2 N–H and O–H groups in total. The van der Waals surface area contributed by atoms with Gasteiger partial charge in [-0.15, -0.1) is 0 Å². The predicted octanol–water partition coefficient (Wildman–Crippen LogP) is 1.60. The van der Waals surface area contributed by atoms with Crippen LogP contribution in [0.4, 0.5) is 8.78 Å². The van der Waals surface area contributed by atoms with Crippen LogP contribution in [0.2, 0.25) is 0 Å². The Kier molecular flexibility index (Phi) is 3.19. The Morgan fingerprint density at radius 1 is 1.23 bits per heavy atom. The number of aliphatic hydroxyl groups is 1. The Balaban J connectivity index is 2.90.